The van der Waals surface area contributed by atoms with E-state index in [1.165, 1.54) is 25.7 Å². The van der Waals surface area contributed by atoms with Gasteiger partial charge in [0.05, 0.1) is 6.10 Å². The van der Waals surface area contributed by atoms with E-state index in [-0.39, 0.29) is 22.5 Å². The van der Waals surface area contributed by atoms with Crippen LogP contribution in [0.1, 0.15) is 86.5 Å². The number of fused-ring (bicyclic) bond motifs is 2. The lowest BCUT2D eigenvalue weighted by atomic mass is 9.43. The summed E-state index contributed by atoms with van der Waals surface area (Å²) in [4.78, 5) is 12.8. The average molecular weight is 429 g/mol. The number of allylic oxidation sites excluding steroid dienone is 2. The first-order chi connectivity index (χ1) is 14.6. The first-order valence-electron chi connectivity index (χ1n) is 13.0. The van der Waals surface area contributed by atoms with Crippen molar-refractivity contribution in [2.75, 3.05) is 0 Å². The summed E-state index contributed by atoms with van der Waals surface area (Å²) >= 11 is 0. The smallest absolute Gasteiger partial charge is 0.130 e. The Labute approximate surface area is 189 Å². The normalized spacial score (nSPS) is 52.8. The molecule has 3 saturated carbocycles. The molecule has 2 spiro atoms. The fourth-order valence-electron chi connectivity index (χ4n) is 8.71. The highest BCUT2D eigenvalue weighted by Gasteiger charge is 2.74. The van der Waals surface area contributed by atoms with Gasteiger partial charge in [-0.3, -0.25) is 0 Å². The second-order valence-electron chi connectivity index (χ2n) is 12.7. The van der Waals surface area contributed by atoms with Gasteiger partial charge in [-0.05, 0) is 73.7 Å². The molecule has 2 bridgehead atoms. The fourth-order valence-corrected chi connectivity index (χ4v) is 8.71. The molecule has 0 amide bonds. The van der Waals surface area contributed by atoms with Crippen molar-refractivity contribution in [1.82, 2.24) is 0 Å². The molecule has 1 saturated heterocycles. The zero-order valence-electron chi connectivity index (χ0n) is 20.6. The Morgan fingerprint density at radius 1 is 0.903 bits per heavy atom. The second kappa shape index (κ2) is 7.18. The van der Waals surface area contributed by atoms with E-state index in [2.05, 4.69) is 65.8 Å². The number of hydrogen-bond acceptors (Lipinski definition) is 3. The van der Waals surface area contributed by atoms with Crippen molar-refractivity contribution >= 4 is 0 Å². The van der Waals surface area contributed by atoms with Gasteiger partial charge in [-0.1, -0.05) is 59.8 Å². The molecule has 31 heavy (non-hydrogen) atoms. The summed E-state index contributed by atoms with van der Waals surface area (Å²) in [5, 5.41) is 10.4. The predicted octanol–water partition coefficient (Wildman–Crippen LogP) is 6.47. The Morgan fingerprint density at radius 3 is 2.35 bits per heavy atom. The van der Waals surface area contributed by atoms with Gasteiger partial charge in [-0.25, -0.2) is 9.78 Å². The van der Waals surface area contributed by atoms with Crippen LogP contribution in [-0.2, 0) is 9.78 Å². The second-order valence-corrected chi connectivity index (χ2v) is 12.7. The molecule has 6 aliphatic rings. The number of rotatable bonds is 4. The van der Waals surface area contributed by atoms with Crippen LogP contribution in [0, 0.1) is 46.3 Å². The Hall–Kier alpha value is -0.640. The predicted molar refractivity (Wildman–Crippen MR) is 124 cm³/mol. The third-order valence-corrected chi connectivity index (χ3v) is 11.1. The molecule has 4 aliphatic carbocycles. The molecule has 3 heteroatoms. The van der Waals surface area contributed by atoms with Crippen molar-refractivity contribution in [2.24, 2.45) is 46.3 Å². The number of hydrogen-bond donors (Lipinski definition) is 1. The van der Waals surface area contributed by atoms with Crippen LogP contribution in [0.15, 0.2) is 24.3 Å². The van der Waals surface area contributed by atoms with Crippen LogP contribution in [0.5, 0.6) is 0 Å². The van der Waals surface area contributed by atoms with E-state index in [0.29, 0.717) is 41.9 Å². The molecule has 174 valence electrons. The van der Waals surface area contributed by atoms with Crippen molar-refractivity contribution in [3.63, 3.8) is 0 Å². The zero-order valence-corrected chi connectivity index (χ0v) is 20.6. The van der Waals surface area contributed by atoms with Gasteiger partial charge in [-0.2, -0.15) is 0 Å². The molecular weight excluding hydrogens is 384 g/mol. The summed E-state index contributed by atoms with van der Waals surface area (Å²) < 4.78 is 0. The molecule has 0 aromatic heterocycles. The molecular formula is C28H44O3. The lowest BCUT2D eigenvalue weighted by Gasteiger charge is -2.69. The molecule has 10 atom stereocenters. The quantitative estimate of drug-likeness (QED) is 0.412. The Morgan fingerprint density at radius 2 is 1.68 bits per heavy atom. The number of aliphatic hydroxyl groups excluding tert-OH is 1. The maximum atomic E-state index is 10.4. The van der Waals surface area contributed by atoms with Crippen molar-refractivity contribution in [1.29, 1.82) is 0 Å². The van der Waals surface area contributed by atoms with Gasteiger partial charge in [0.1, 0.15) is 11.2 Å². The molecule has 4 fully saturated rings. The topological polar surface area (TPSA) is 38.7 Å². The summed E-state index contributed by atoms with van der Waals surface area (Å²) in [5.74, 6) is 3.64. The van der Waals surface area contributed by atoms with Gasteiger partial charge >= 0.3 is 0 Å². The van der Waals surface area contributed by atoms with E-state index >= 15 is 0 Å². The molecule has 1 N–H and O–H groups in total. The minimum atomic E-state index is -0.439. The molecule has 5 unspecified atom stereocenters. The zero-order chi connectivity index (χ0) is 22.2. The molecule has 2 heterocycles. The highest BCUT2D eigenvalue weighted by Crippen LogP contribution is 2.72. The van der Waals surface area contributed by atoms with Crippen LogP contribution in [0.3, 0.4) is 0 Å². The van der Waals surface area contributed by atoms with Gasteiger partial charge in [0.15, 0.2) is 0 Å². The highest BCUT2D eigenvalue weighted by atomic mass is 17.2. The maximum Gasteiger partial charge on any atom is 0.130 e. The van der Waals surface area contributed by atoms with Crippen molar-refractivity contribution < 1.29 is 14.9 Å². The van der Waals surface area contributed by atoms with Crippen molar-refractivity contribution in [3.8, 4) is 0 Å². The number of aliphatic hydroxyl groups is 1. The third kappa shape index (κ3) is 2.88. The van der Waals surface area contributed by atoms with Crippen LogP contribution in [0.25, 0.3) is 0 Å². The molecule has 6 rings (SSSR count). The summed E-state index contributed by atoms with van der Waals surface area (Å²) in [7, 11) is 0. The molecule has 0 aromatic carbocycles. The van der Waals surface area contributed by atoms with Crippen LogP contribution in [0.2, 0.25) is 0 Å². The van der Waals surface area contributed by atoms with Crippen molar-refractivity contribution in [2.45, 2.75) is 104 Å². The minimum Gasteiger partial charge on any atom is -0.393 e. The third-order valence-electron chi connectivity index (χ3n) is 11.1. The Kier molecular flexibility index (Phi) is 5.13. The first kappa shape index (κ1) is 22.2. The van der Waals surface area contributed by atoms with E-state index in [1.807, 2.05) is 0 Å². The molecule has 2 aliphatic heterocycles. The average Bonchev–Trinajstić information content (AvgIpc) is 3.09. The van der Waals surface area contributed by atoms with Crippen LogP contribution < -0.4 is 0 Å². The SMILES string of the molecule is CC(C)[C@@H](C)/C=C/[C@@H](C)[C@H]1CCC2C34C=CC5(CC(O)CC[C@]5(C)C3CC[C@@]21C)OO4. The maximum absolute atomic E-state index is 10.4. The van der Waals surface area contributed by atoms with E-state index in [4.69, 9.17) is 9.78 Å². The minimum absolute atomic E-state index is 0.0663. The fraction of sp³-hybridized carbons (Fsp3) is 0.857. The van der Waals surface area contributed by atoms with Crippen molar-refractivity contribution in [3.05, 3.63) is 24.3 Å². The van der Waals surface area contributed by atoms with Gasteiger partial charge in [0.25, 0.3) is 0 Å². The largest absolute Gasteiger partial charge is 0.393 e. The van der Waals surface area contributed by atoms with Crippen LogP contribution in [0.4, 0.5) is 0 Å². The summed E-state index contributed by atoms with van der Waals surface area (Å²) in [6.07, 6.45) is 17.0. The van der Waals surface area contributed by atoms with Crippen LogP contribution >= 0.6 is 0 Å². The van der Waals surface area contributed by atoms with Gasteiger partial charge in [-0.15, -0.1) is 0 Å². The molecule has 0 aromatic rings. The lowest BCUT2D eigenvalue weighted by molar-refractivity contribution is -0.497. The van der Waals surface area contributed by atoms with Crippen LogP contribution in [-0.4, -0.2) is 22.4 Å². The van der Waals surface area contributed by atoms with Gasteiger partial charge in [0, 0.05) is 23.7 Å². The summed E-state index contributed by atoms with van der Waals surface area (Å²) in [6.45, 7) is 14.4. The van der Waals surface area contributed by atoms with E-state index in [0.717, 1.165) is 12.8 Å². The summed E-state index contributed by atoms with van der Waals surface area (Å²) in [6, 6.07) is 0. The van der Waals surface area contributed by atoms with E-state index < -0.39 is 5.60 Å². The van der Waals surface area contributed by atoms with E-state index in [9.17, 15) is 5.11 Å². The standard InChI is InChI=1S/C28H44O3/c1-18(2)19(3)7-8-20(4)22-9-10-23-25(22,5)13-12-24-26(6)14-11-21(29)17-27(26)15-16-28(23,24)31-30-27/h7-8,15-16,18-24,29H,9-14,17H2,1-6H3/b8-7+/t19-,20+,21?,22+,23?,24?,25+,26+,27?,28?/m0/s1. The lowest BCUT2D eigenvalue weighted by Crippen LogP contribution is -2.73. The van der Waals surface area contributed by atoms with Gasteiger partial charge < -0.3 is 5.11 Å². The van der Waals surface area contributed by atoms with Gasteiger partial charge in [0.2, 0.25) is 0 Å². The highest BCUT2D eigenvalue weighted by molar-refractivity contribution is 5.33. The van der Waals surface area contributed by atoms with E-state index in [1.54, 1.807) is 0 Å². The molecule has 3 nitrogen and oxygen atoms in total. The molecule has 0 radical (unpaired) electrons. The Bertz CT molecular complexity index is 772. The Balaban J connectivity index is 1.45. The summed E-state index contributed by atoms with van der Waals surface area (Å²) in [5.41, 5.74) is -0.366. The first-order valence-corrected chi connectivity index (χ1v) is 13.0. The monoisotopic (exact) mass is 428 g/mol.